The molecule has 0 bridgehead atoms. The van der Waals surface area contributed by atoms with Gasteiger partial charge in [0.15, 0.2) is 23.3 Å². The summed E-state index contributed by atoms with van der Waals surface area (Å²) < 4.78 is 85.6. The van der Waals surface area contributed by atoms with Gasteiger partial charge >= 0.3 is 11.9 Å². The Bertz CT molecular complexity index is 1940. The first kappa shape index (κ1) is 42.2. The average molecular weight is 804 g/mol. The van der Waals surface area contributed by atoms with E-state index in [9.17, 15) is 27.2 Å². The Hall–Kier alpha value is -3.56. The highest BCUT2D eigenvalue weighted by Gasteiger charge is 2.28. The number of halogens is 5. The molecule has 0 saturated carbocycles. The van der Waals surface area contributed by atoms with Gasteiger partial charge in [0.1, 0.15) is 24.5 Å². The maximum atomic E-state index is 14.6. The van der Waals surface area contributed by atoms with Gasteiger partial charge in [0, 0.05) is 42.5 Å². The Morgan fingerprint density at radius 3 is 1.64 bits per heavy atom. The Morgan fingerprint density at radius 2 is 1.19 bits per heavy atom. The Kier molecular flexibility index (Phi) is 14.1. The molecule has 0 aliphatic carbocycles. The lowest BCUT2D eigenvalue weighted by atomic mass is 10.1. The van der Waals surface area contributed by atoms with E-state index in [1.54, 1.807) is 4.57 Å². The average Bonchev–Trinajstić information content (AvgIpc) is 3.65. The van der Waals surface area contributed by atoms with Crippen LogP contribution in [0.4, 0.5) is 23.5 Å². The highest BCUT2D eigenvalue weighted by atomic mass is 35.5. The van der Waals surface area contributed by atoms with Crippen molar-refractivity contribution in [2.24, 2.45) is 0 Å². The molecule has 53 heavy (non-hydrogen) atoms. The molecule has 292 valence electrons. The molecule has 1 aliphatic heterocycles. The summed E-state index contributed by atoms with van der Waals surface area (Å²) in [4.78, 5) is 34.2. The molecule has 1 aliphatic rings. The van der Waals surface area contributed by atoms with Gasteiger partial charge in [0.25, 0.3) is 0 Å². The predicted octanol–water partition coefficient (Wildman–Crippen LogP) is 7.32. The first-order chi connectivity index (χ1) is 24.9. The first-order valence-corrected chi connectivity index (χ1v) is 24.7. The van der Waals surface area contributed by atoms with Crippen molar-refractivity contribution in [3.63, 3.8) is 0 Å². The number of morpholine rings is 1. The van der Waals surface area contributed by atoms with Gasteiger partial charge in [-0.05, 0) is 35.8 Å². The van der Waals surface area contributed by atoms with Crippen molar-refractivity contribution < 1.29 is 50.8 Å². The maximum absolute atomic E-state index is 14.6. The molecule has 2 aromatic carbocycles. The zero-order valence-electron chi connectivity index (χ0n) is 31.2. The fourth-order valence-electron chi connectivity index (χ4n) is 5.31. The molecule has 1 saturated heterocycles. The van der Waals surface area contributed by atoms with E-state index >= 15 is 0 Å². The largest absolute Gasteiger partial charge is 0.465 e. The quantitative estimate of drug-likeness (QED) is 0.0589. The summed E-state index contributed by atoms with van der Waals surface area (Å²) in [6.07, 6.45) is 0. The molecule has 12 nitrogen and oxygen atoms in total. The number of nitrogens with zero attached hydrogens (tertiary/aromatic N) is 5. The minimum Gasteiger partial charge on any atom is -0.465 e. The third-order valence-corrected chi connectivity index (χ3v) is 12.0. The summed E-state index contributed by atoms with van der Waals surface area (Å²) in [5.41, 5.74) is -0.541. The number of fused-ring (bicyclic) bond motifs is 2. The number of hydrogen-bond acceptors (Lipinski definition) is 10. The van der Waals surface area contributed by atoms with E-state index < -0.39 is 51.4 Å². The van der Waals surface area contributed by atoms with Crippen LogP contribution < -0.4 is 4.90 Å². The summed E-state index contributed by atoms with van der Waals surface area (Å²) in [6, 6.07) is 3.52. The van der Waals surface area contributed by atoms with E-state index in [1.807, 2.05) is 4.90 Å². The molecule has 0 unspecified atom stereocenters. The number of methoxy groups -OCH3 is 2. The van der Waals surface area contributed by atoms with Crippen LogP contribution in [0.15, 0.2) is 12.1 Å². The molecule has 0 radical (unpaired) electrons. The van der Waals surface area contributed by atoms with E-state index in [4.69, 9.17) is 30.5 Å². The van der Waals surface area contributed by atoms with Gasteiger partial charge in [-0.15, -0.1) is 0 Å². The minimum absolute atomic E-state index is 0.0190. The second-order valence-electron chi connectivity index (χ2n) is 14.8. The third kappa shape index (κ3) is 10.4. The highest BCUT2D eigenvalue weighted by Crippen LogP contribution is 2.31. The second kappa shape index (κ2) is 17.7. The summed E-state index contributed by atoms with van der Waals surface area (Å²) >= 11 is 6.02. The number of carbonyl (C=O) groups is 2. The smallest absolute Gasteiger partial charge is 0.340 e. The van der Waals surface area contributed by atoms with Crippen LogP contribution >= 0.6 is 11.6 Å². The van der Waals surface area contributed by atoms with Gasteiger partial charge in [-0.25, -0.2) is 37.1 Å². The van der Waals surface area contributed by atoms with Crippen LogP contribution in [0.2, 0.25) is 56.7 Å². The fraction of sp³-hybridized carbons (Fsp3) is 0.529. The number of ether oxygens (including phenoxy) is 5. The maximum Gasteiger partial charge on any atom is 0.340 e. The van der Waals surface area contributed by atoms with Crippen molar-refractivity contribution >= 4 is 67.7 Å². The van der Waals surface area contributed by atoms with Gasteiger partial charge in [-0.3, -0.25) is 9.13 Å². The first-order valence-electron chi connectivity index (χ1n) is 16.9. The molecule has 3 heterocycles. The second-order valence-corrected chi connectivity index (χ2v) is 26.3. The van der Waals surface area contributed by atoms with Crippen LogP contribution in [0.1, 0.15) is 20.7 Å². The SMILES string of the molecule is COC(=O)c1cc(F)c(F)c2nc(Cl)n(COCC[Si](C)(C)C)c12.COC(=O)c1cc(F)c(F)c2nc(N3CCOCC3)n(COCC[Si](C)(C)C)c12. The number of rotatable bonds is 13. The lowest BCUT2D eigenvalue weighted by Gasteiger charge is -2.28. The Morgan fingerprint density at radius 1 is 0.755 bits per heavy atom. The Labute approximate surface area is 312 Å². The summed E-state index contributed by atoms with van der Waals surface area (Å²) in [5, 5.41) is -0.0901. The van der Waals surface area contributed by atoms with Gasteiger partial charge in [0.05, 0.1) is 49.6 Å². The van der Waals surface area contributed by atoms with Crippen LogP contribution in [-0.2, 0) is 37.1 Å². The molecule has 19 heteroatoms. The molecule has 0 amide bonds. The van der Waals surface area contributed by atoms with Gasteiger partial charge in [0.2, 0.25) is 11.2 Å². The minimum atomic E-state index is -1.29. The van der Waals surface area contributed by atoms with Crippen molar-refractivity contribution in [2.45, 2.75) is 64.8 Å². The summed E-state index contributed by atoms with van der Waals surface area (Å²) in [5.74, 6) is -5.74. The number of esters is 2. The lowest BCUT2D eigenvalue weighted by molar-refractivity contribution is 0.0591. The summed E-state index contributed by atoms with van der Waals surface area (Å²) in [7, 11) is -0.202. The molecule has 0 N–H and O–H groups in total. The number of anilines is 1. The van der Waals surface area contributed by atoms with Crippen molar-refractivity contribution in [3.8, 4) is 0 Å². The van der Waals surface area contributed by atoms with Gasteiger partial charge in [-0.2, -0.15) is 0 Å². The fourth-order valence-corrected chi connectivity index (χ4v) is 7.04. The number of aromatic nitrogens is 4. The molecule has 2 aromatic heterocycles. The molecule has 4 aromatic rings. The van der Waals surface area contributed by atoms with Crippen molar-refractivity contribution in [1.29, 1.82) is 0 Å². The molecular formula is C34H46ClF4N5O7Si2. The van der Waals surface area contributed by atoms with E-state index in [0.717, 1.165) is 31.3 Å². The van der Waals surface area contributed by atoms with Crippen molar-refractivity contribution in [1.82, 2.24) is 19.1 Å². The van der Waals surface area contributed by atoms with E-state index in [0.29, 0.717) is 45.5 Å². The van der Waals surface area contributed by atoms with Crippen molar-refractivity contribution in [2.75, 3.05) is 58.6 Å². The molecule has 0 atom stereocenters. The summed E-state index contributed by atoms with van der Waals surface area (Å²) in [6.45, 7) is 16.6. The number of hydrogen-bond donors (Lipinski definition) is 0. The lowest BCUT2D eigenvalue weighted by Crippen LogP contribution is -2.38. The van der Waals surface area contributed by atoms with E-state index in [2.05, 4.69) is 54.0 Å². The zero-order valence-corrected chi connectivity index (χ0v) is 34.0. The number of benzene rings is 2. The normalized spacial score (nSPS) is 13.7. The van der Waals surface area contributed by atoms with E-state index in [-0.39, 0.29) is 51.9 Å². The highest BCUT2D eigenvalue weighted by molar-refractivity contribution is 6.76. The monoisotopic (exact) mass is 803 g/mol. The number of imidazole rings is 2. The topological polar surface area (TPSA) is 119 Å². The van der Waals surface area contributed by atoms with E-state index in [1.165, 1.54) is 11.7 Å². The molecule has 0 spiro atoms. The van der Waals surface area contributed by atoms with Gasteiger partial charge < -0.3 is 28.6 Å². The zero-order chi connectivity index (χ0) is 39.2. The van der Waals surface area contributed by atoms with Gasteiger partial charge in [-0.1, -0.05) is 39.3 Å². The van der Waals surface area contributed by atoms with Crippen LogP contribution in [0.3, 0.4) is 0 Å². The number of carbonyl (C=O) groups excluding carboxylic acids is 2. The predicted molar refractivity (Wildman–Crippen MR) is 198 cm³/mol. The third-order valence-electron chi connectivity index (χ3n) is 8.29. The van der Waals surface area contributed by atoms with Crippen LogP contribution in [0.5, 0.6) is 0 Å². The van der Waals surface area contributed by atoms with Crippen LogP contribution in [-0.4, -0.2) is 101 Å². The van der Waals surface area contributed by atoms with Crippen LogP contribution in [0.25, 0.3) is 22.1 Å². The molecular weight excluding hydrogens is 758 g/mol. The molecule has 1 fully saturated rings. The van der Waals surface area contributed by atoms with Crippen LogP contribution in [0, 0.1) is 23.3 Å². The standard InChI is InChI=1S/C19H27F2N3O4Si.C15H19ClF2N2O3Si/c1-26-18(25)13-11-14(20)15(21)16-17(13)24(12-28-9-10-29(2,3)4)19(22-16)23-5-7-27-8-6-23;1-22-14(21)9-7-10(17)11(18)12-13(9)20(15(16)19-12)8-23-5-6-24(2,3)4/h11H,5-10,12H2,1-4H3;7H,5-6,8H2,1-4H3. The van der Waals surface area contributed by atoms with Crippen molar-refractivity contribution in [3.05, 3.63) is 51.8 Å². The molecule has 5 rings (SSSR count). The Balaban J connectivity index is 0.000000241.